The number of fused-ring (bicyclic) bond motifs is 1. The van der Waals surface area contributed by atoms with Crippen LogP contribution in [0.4, 0.5) is 5.69 Å². The second-order valence-electron chi connectivity index (χ2n) is 4.83. The number of carbonyl (C=O) groups is 1. The highest BCUT2D eigenvalue weighted by Gasteiger charge is 2.26. The number of amides is 1. The lowest BCUT2D eigenvalue weighted by molar-refractivity contribution is 0.0980. The first-order valence-corrected chi connectivity index (χ1v) is 7.32. The summed E-state index contributed by atoms with van der Waals surface area (Å²) in [6, 6.07) is 8.16. The van der Waals surface area contributed by atoms with Crippen molar-refractivity contribution in [3.05, 3.63) is 45.4 Å². The Bertz CT molecular complexity index is 633. The van der Waals surface area contributed by atoms with Crippen LogP contribution in [0, 0.1) is 13.8 Å². The van der Waals surface area contributed by atoms with Gasteiger partial charge in [-0.05, 0) is 38.3 Å². The quantitative estimate of drug-likeness (QED) is 0.797. The fourth-order valence-corrected chi connectivity index (χ4v) is 3.41. The van der Waals surface area contributed by atoms with Gasteiger partial charge in [-0.2, -0.15) is 0 Å². The summed E-state index contributed by atoms with van der Waals surface area (Å²) >= 11 is 1.58. The van der Waals surface area contributed by atoms with Gasteiger partial charge in [0.05, 0.1) is 5.01 Å². The van der Waals surface area contributed by atoms with Crippen LogP contribution in [0.5, 0.6) is 0 Å². The van der Waals surface area contributed by atoms with E-state index >= 15 is 0 Å². The Hall–Kier alpha value is -1.68. The zero-order valence-corrected chi connectivity index (χ0v) is 12.0. The Morgan fingerprint density at radius 1 is 1.32 bits per heavy atom. The molecule has 1 amide bonds. The molecule has 1 aromatic carbocycles. The maximum Gasteiger partial charge on any atom is 0.278 e. The lowest BCUT2D eigenvalue weighted by Gasteiger charge is -2.29. The molecule has 19 heavy (non-hydrogen) atoms. The number of aryl methyl sites for hydroxylation is 3. The number of para-hydroxylation sites is 1. The van der Waals surface area contributed by atoms with Gasteiger partial charge in [0, 0.05) is 17.1 Å². The standard InChI is InChI=1S/C15H16N2OS/c1-10-14(16-11(2)19-10)15(18)17-9-5-7-12-6-3-4-8-13(12)17/h3-4,6,8H,5,7,9H2,1-2H3. The first-order valence-electron chi connectivity index (χ1n) is 6.50. The van der Waals surface area contributed by atoms with E-state index in [-0.39, 0.29) is 5.91 Å². The highest BCUT2D eigenvalue weighted by Crippen LogP contribution is 2.29. The van der Waals surface area contributed by atoms with Crippen molar-refractivity contribution in [3.8, 4) is 0 Å². The van der Waals surface area contributed by atoms with Crippen molar-refractivity contribution in [2.75, 3.05) is 11.4 Å². The lowest BCUT2D eigenvalue weighted by atomic mass is 10.0. The molecule has 1 aliphatic rings. The van der Waals surface area contributed by atoms with Gasteiger partial charge in [-0.1, -0.05) is 18.2 Å². The molecule has 0 fully saturated rings. The van der Waals surface area contributed by atoms with E-state index in [1.165, 1.54) is 5.56 Å². The van der Waals surface area contributed by atoms with Gasteiger partial charge >= 0.3 is 0 Å². The van der Waals surface area contributed by atoms with Gasteiger partial charge in [-0.3, -0.25) is 4.79 Å². The lowest BCUT2D eigenvalue weighted by Crippen LogP contribution is -2.36. The van der Waals surface area contributed by atoms with Crippen molar-refractivity contribution in [1.82, 2.24) is 4.98 Å². The molecule has 0 bridgehead atoms. The molecule has 2 aromatic rings. The summed E-state index contributed by atoms with van der Waals surface area (Å²) in [6.07, 6.45) is 2.07. The minimum Gasteiger partial charge on any atom is -0.307 e. The van der Waals surface area contributed by atoms with Gasteiger partial charge in [-0.15, -0.1) is 11.3 Å². The zero-order valence-electron chi connectivity index (χ0n) is 11.1. The largest absolute Gasteiger partial charge is 0.307 e. The number of hydrogen-bond donors (Lipinski definition) is 0. The molecule has 3 rings (SSSR count). The Balaban J connectivity index is 2.00. The highest BCUT2D eigenvalue weighted by molar-refractivity contribution is 7.11. The van der Waals surface area contributed by atoms with Crippen molar-refractivity contribution in [1.29, 1.82) is 0 Å². The maximum atomic E-state index is 12.7. The number of benzene rings is 1. The number of nitrogens with zero attached hydrogens (tertiary/aromatic N) is 2. The predicted octanol–water partition coefficient (Wildman–Crippen LogP) is 3.35. The molecule has 98 valence electrons. The number of carbonyl (C=O) groups excluding carboxylic acids is 1. The Labute approximate surface area is 116 Å². The first kappa shape index (κ1) is 12.4. The van der Waals surface area contributed by atoms with Gasteiger partial charge in [0.1, 0.15) is 5.69 Å². The molecule has 1 aliphatic heterocycles. The summed E-state index contributed by atoms with van der Waals surface area (Å²) in [5.74, 6) is 0.0361. The normalized spacial score (nSPS) is 14.3. The molecule has 2 heterocycles. The summed E-state index contributed by atoms with van der Waals surface area (Å²) < 4.78 is 0. The zero-order chi connectivity index (χ0) is 13.4. The third kappa shape index (κ3) is 2.16. The van der Waals surface area contributed by atoms with E-state index < -0.39 is 0 Å². The molecule has 0 saturated carbocycles. The summed E-state index contributed by atoms with van der Waals surface area (Å²) in [4.78, 5) is 19.9. The number of anilines is 1. The molecular weight excluding hydrogens is 256 g/mol. The van der Waals surface area contributed by atoms with Gasteiger partial charge in [0.2, 0.25) is 0 Å². The number of rotatable bonds is 1. The first-order chi connectivity index (χ1) is 9.16. The molecule has 0 radical (unpaired) electrons. The predicted molar refractivity (Wildman–Crippen MR) is 78.0 cm³/mol. The van der Waals surface area contributed by atoms with Crippen molar-refractivity contribution < 1.29 is 4.79 Å². The third-order valence-electron chi connectivity index (χ3n) is 3.46. The van der Waals surface area contributed by atoms with Crippen LogP contribution in [0.1, 0.15) is 32.4 Å². The summed E-state index contributed by atoms with van der Waals surface area (Å²) in [5.41, 5.74) is 2.91. The minimum absolute atomic E-state index is 0.0361. The van der Waals surface area contributed by atoms with Crippen LogP contribution in [-0.4, -0.2) is 17.4 Å². The molecule has 3 nitrogen and oxygen atoms in total. The van der Waals surface area contributed by atoms with Crippen LogP contribution in [0.15, 0.2) is 24.3 Å². The Morgan fingerprint density at radius 2 is 2.11 bits per heavy atom. The molecule has 1 aromatic heterocycles. The molecule has 0 N–H and O–H groups in total. The molecule has 4 heteroatoms. The molecule has 0 unspecified atom stereocenters. The minimum atomic E-state index is 0.0361. The van der Waals surface area contributed by atoms with E-state index in [0.717, 1.165) is 35.0 Å². The van der Waals surface area contributed by atoms with Crippen LogP contribution >= 0.6 is 11.3 Å². The Morgan fingerprint density at radius 3 is 2.84 bits per heavy atom. The number of hydrogen-bond acceptors (Lipinski definition) is 3. The van der Waals surface area contributed by atoms with E-state index in [1.807, 2.05) is 36.9 Å². The average Bonchev–Trinajstić information content (AvgIpc) is 2.76. The molecule has 0 spiro atoms. The van der Waals surface area contributed by atoms with Crippen LogP contribution in [0.2, 0.25) is 0 Å². The summed E-state index contributed by atoms with van der Waals surface area (Å²) in [5, 5.41) is 0.950. The monoisotopic (exact) mass is 272 g/mol. The van der Waals surface area contributed by atoms with Crippen LogP contribution < -0.4 is 4.90 Å². The van der Waals surface area contributed by atoms with Crippen LogP contribution in [0.3, 0.4) is 0 Å². The van der Waals surface area contributed by atoms with E-state index in [9.17, 15) is 4.79 Å². The smallest absolute Gasteiger partial charge is 0.278 e. The molecular formula is C15H16N2OS. The number of aromatic nitrogens is 1. The van der Waals surface area contributed by atoms with Gasteiger partial charge in [-0.25, -0.2) is 4.98 Å². The third-order valence-corrected chi connectivity index (χ3v) is 4.35. The second kappa shape index (κ2) is 4.78. The van der Waals surface area contributed by atoms with Crippen molar-refractivity contribution in [3.63, 3.8) is 0 Å². The Kier molecular flexibility index (Phi) is 3.11. The van der Waals surface area contributed by atoms with Crippen molar-refractivity contribution >= 4 is 22.9 Å². The SMILES string of the molecule is Cc1nc(C(=O)N2CCCc3ccccc32)c(C)s1. The van der Waals surface area contributed by atoms with E-state index in [0.29, 0.717) is 5.69 Å². The van der Waals surface area contributed by atoms with E-state index in [4.69, 9.17) is 0 Å². The fraction of sp³-hybridized carbons (Fsp3) is 0.333. The van der Waals surface area contributed by atoms with E-state index in [2.05, 4.69) is 11.1 Å². The van der Waals surface area contributed by atoms with Crippen molar-refractivity contribution in [2.45, 2.75) is 26.7 Å². The summed E-state index contributed by atoms with van der Waals surface area (Å²) in [7, 11) is 0. The van der Waals surface area contributed by atoms with Gasteiger partial charge < -0.3 is 4.90 Å². The topological polar surface area (TPSA) is 33.2 Å². The molecule has 0 saturated heterocycles. The van der Waals surface area contributed by atoms with E-state index in [1.54, 1.807) is 11.3 Å². The molecule has 0 atom stereocenters. The molecule has 0 aliphatic carbocycles. The fourth-order valence-electron chi connectivity index (χ4n) is 2.60. The average molecular weight is 272 g/mol. The number of thiazole rings is 1. The van der Waals surface area contributed by atoms with Gasteiger partial charge in [0.15, 0.2) is 0 Å². The van der Waals surface area contributed by atoms with Gasteiger partial charge in [0.25, 0.3) is 5.91 Å². The highest BCUT2D eigenvalue weighted by atomic mass is 32.1. The van der Waals surface area contributed by atoms with Crippen LogP contribution in [0.25, 0.3) is 0 Å². The van der Waals surface area contributed by atoms with Crippen molar-refractivity contribution in [2.24, 2.45) is 0 Å². The summed E-state index contributed by atoms with van der Waals surface area (Å²) in [6.45, 7) is 4.69. The van der Waals surface area contributed by atoms with Crippen LogP contribution in [-0.2, 0) is 6.42 Å². The second-order valence-corrected chi connectivity index (χ2v) is 6.23. The maximum absolute atomic E-state index is 12.7.